The molecule has 26 heavy (non-hydrogen) atoms. The quantitative estimate of drug-likeness (QED) is 0.309. The summed E-state index contributed by atoms with van der Waals surface area (Å²) in [6.45, 7) is -0.198. The molecule has 0 unspecified atom stereocenters. The molecule has 2 aromatic carbocycles. The van der Waals surface area contributed by atoms with E-state index in [1.807, 2.05) is 0 Å². The number of anilines is 1. The minimum absolute atomic E-state index is 0.0855. The highest BCUT2D eigenvalue weighted by Gasteiger charge is 2.10. The van der Waals surface area contributed by atoms with Gasteiger partial charge in [0.15, 0.2) is 18.1 Å². The van der Waals surface area contributed by atoms with Crippen molar-refractivity contribution >= 4 is 35.4 Å². The van der Waals surface area contributed by atoms with Crippen LogP contribution in [-0.2, 0) is 4.79 Å². The summed E-state index contributed by atoms with van der Waals surface area (Å²) >= 11 is 6.00. The van der Waals surface area contributed by atoms with Gasteiger partial charge in [0.1, 0.15) is 0 Å². The van der Waals surface area contributed by atoms with Gasteiger partial charge < -0.3 is 26.3 Å². The van der Waals surface area contributed by atoms with E-state index in [2.05, 4.69) is 15.5 Å². The predicted octanol–water partition coefficient (Wildman–Crippen LogP) is 0.0540. The summed E-state index contributed by atoms with van der Waals surface area (Å²) in [4.78, 5) is 12.0. The van der Waals surface area contributed by atoms with Crippen LogP contribution in [0.2, 0.25) is 5.02 Å². The first kappa shape index (κ1) is 19.1. The van der Waals surface area contributed by atoms with E-state index in [9.17, 15) is 4.79 Å². The van der Waals surface area contributed by atoms with Gasteiger partial charge in [0.05, 0.1) is 17.8 Å². The van der Waals surface area contributed by atoms with E-state index in [1.165, 1.54) is 7.11 Å². The first-order valence-corrected chi connectivity index (χ1v) is 7.90. The molecule has 0 saturated carbocycles. The normalized spacial score (nSPS) is 10.4. The summed E-state index contributed by atoms with van der Waals surface area (Å²) < 4.78 is 10.8. The number of methoxy groups -OCH3 is 1. The summed E-state index contributed by atoms with van der Waals surface area (Å²) in [5, 5.41) is 9.36. The number of para-hydroxylation sites is 1. The van der Waals surface area contributed by atoms with Crippen LogP contribution in [0.5, 0.6) is 11.5 Å². The van der Waals surface area contributed by atoms with Crippen molar-refractivity contribution in [2.24, 2.45) is 16.6 Å². The molecular formula is C17H19ClN5O3+. The molecule has 0 aromatic heterocycles. The van der Waals surface area contributed by atoms with Gasteiger partial charge in [-0.25, -0.2) is 0 Å². The van der Waals surface area contributed by atoms with Crippen molar-refractivity contribution in [3.8, 4) is 11.5 Å². The van der Waals surface area contributed by atoms with Crippen LogP contribution < -0.4 is 31.4 Å². The highest BCUT2D eigenvalue weighted by molar-refractivity contribution is 6.33. The van der Waals surface area contributed by atoms with Crippen LogP contribution in [0.15, 0.2) is 47.6 Å². The number of carbonyl (C=O) groups is 1. The van der Waals surface area contributed by atoms with E-state index in [1.54, 1.807) is 48.7 Å². The molecule has 0 spiro atoms. The van der Waals surface area contributed by atoms with Crippen molar-refractivity contribution in [1.29, 1.82) is 0 Å². The first-order chi connectivity index (χ1) is 12.5. The van der Waals surface area contributed by atoms with Gasteiger partial charge in [0, 0.05) is 10.7 Å². The molecule has 6 N–H and O–H groups in total. The van der Waals surface area contributed by atoms with Crippen LogP contribution in [0.25, 0.3) is 0 Å². The van der Waals surface area contributed by atoms with Gasteiger partial charge in [0.25, 0.3) is 11.9 Å². The van der Waals surface area contributed by atoms with Gasteiger partial charge in [-0.2, -0.15) is 0 Å². The number of nitrogens with one attached hydrogen (secondary N) is 2. The van der Waals surface area contributed by atoms with E-state index >= 15 is 0 Å². The summed E-state index contributed by atoms with van der Waals surface area (Å²) in [7, 11) is 1.50. The fourth-order valence-electron chi connectivity index (χ4n) is 1.97. The van der Waals surface area contributed by atoms with Crippen molar-refractivity contribution in [1.82, 2.24) is 0 Å². The molecule has 0 aliphatic heterocycles. The van der Waals surface area contributed by atoms with Crippen molar-refractivity contribution < 1.29 is 19.4 Å². The van der Waals surface area contributed by atoms with Crippen LogP contribution in [0.1, 0.15) is 5.56 Å². The summed E-state index contributed by atoms with van der Waals surface area (Å²) in [6.07, 6.45) is 1.58. The molecular weight excluding hydrogens is 358 g/mol. The topological polar surface area (TPSA) is 126 Å². The number of guanidine groups is 1. The zero-order valence-corrected chi connectivity index (χ0v) is 14.8. The Morgan fingerprint density at radius 2 is 2.04 bits per heavy atom. The number of ether oxygens (including phenoxy) is 2. The lowest BCUT2D eigenvalue weighted by molar-refractivity contribution is -0.456. The highest BCUT2D eigenvalue weighted by Crippen LogP contribution is 2.27. The van der Waals surface area contributed by atoms with E-state index in [0.717, 1.165) is 5.56 Å². The van der Waals surface area contributed by atoms with E-state index in [4.69, 9.17) is 32.5 Å². The van der Waals surface area contributed by atoms with Gasteiger partial charge >= 0.3 is 0 Å². The number of amides is 1. The number of hydrazone groups is 1. The molecule has 0 radical (unpaired) electrons. The summed E-state index contributed by atoms with van der Waals surface area (Å²) in [5.41, 5.74) is 11.7. The molecule has 2 aromatic rings. The molecule has 136 valence electrons. The van der Waals surface area contributed by atoms with E-state index < -0.39 is 0 Å². The standard InChI is InChI=1S/C17H18ClN5O3/c1-25-15-8-11(9-21-23-17(19)20)6-7-14(15)26-10-16(24)22-13-5-3-2-4-12(13)18/h2-9H,10H2,1H3,(H,22,24)(H4,19,20,23)/p+1/b21-9-. The molecule has 0 heterocycles. The SMILES string of the molecule is COc1cc(/C=[NH+]\N=C(N)N)ccc1OCC(=O)Nc1ccccc1Cl. The Hall–Kier alpha value is -3.26. The molecule has 0 atom stereocenters. The maximum Gasteiger partial charge on any atom is 0.262 e. The lowest BCUT2D eigenvalue weighted by Crippen LogP contribution is -2.63. The minimum atomic E-state index is -0.342. The molecule has 0 aliphatic rings. The maximum atomic E-state index is 12.0. The van der Waals surface area contributed by atoms with Crippen molar-refractivity contribution in [2.75, 3.05) is 19.0 Å². The largest absolute Gasteiger partial charge is 0.493 e. The number of carbonyl (C=O) groups excluding carboxylic acids is 1. The van der Waals surface area contributed by atoms with Crippen molar-refractivity contribution in [2.45, 2.75) is 0 Å². The Morgan fingerprint density at radius 3 is 2.73 bits per heavy atom. The predicted molar refractivity (Wildman–Crippen MR) is 101 cm³/mol. The van der Waals surface area contributed by atoms with Crippen LogP contribution in [0, 0.1) is 0 Å². The highest BCUT2D eigenvalue weighted by atomic mass is 35.5. The molecule has 2 rings (SSSR count). The maximum absolute atomic E-state index is 12.0. The van der Waals surface area contributed by atoms with Crippen LogP contribution >= 0.6 is 11.6 Å². The van der Waals surface area contributed by atoms with Gasteiger partial charge in [-0.1, -0.05) is 23.7 Å². The second-order valence-corrected chi connectivity index (χ2v) is 5.44. The van der Waals surface area contributed by atoms with Crippen LogP contribution in [-0.4, -0.2) is 31.8 Å². The third-order valence-electron chi connectivity index (χ3n) is 3.12. The molecule has 0 fully saturated rings. The number of hydrogen-bond acceptors (Lipinski definition) is 4. The zero-order chi connectivity index (χ0) is 18.9. The molecule has 1 amide bonds. The molecule has 0 aliphatic carbocycles. The third kappa shape index (κ3) is 5.67. The summed E-state index contributed by atoms with van der Waals surface area (Å²) in [6, 6.07) is 12.1. The number of rotatable bonds is 7. The summed E-state index contributed by atoms with van der Waals surface area (Å²) in [5.74, 6) is 0.444. The minimum Gasteiger partial charge on any atom is -0.493 e. The van der Waals surface area contributed by atoms with E-state index in [-0.39, 0.29) is 18.5 Å². The molecule has 0 bridgehead atoms. The lowest BCUT2D eigenvalue weighted by atomic mass is 10.2. The lowest BCUT2D eigenvalue weighted by Gasteiger charge is -2.11. The third-order valence-corrected chi connectivity index (χ3v) is 3.45. The molecule has 8 nitrogen and oxygen atoms in total. The van der Waals surface area contributed by atoms with Gasteiger partial charge in [-0.15, -0.1) is 5.10 Å². The zero-order valence-electron chi connectivity index (χ0n) is 14.0. The fourth-order valence-corrected chi connectivity index (χ4v) is 2.15. The Balaban J connectivity index is 2.00. The number of nitrogens with two attached hydrogens (primary N) is 2. The Labute approximate surface area is 155 Å². The first-order valence-electron chi connectivity index (χ1n) is 7.52. The second kappa shape index (κ2) is 9.28. The fraction of sp³-hybridized carbons (Fsp3) is 0.118. The Bertz CT molecular complexity index is 835. The number of nitrogens with zero attached hydrogens (tertiary/aromatic N) is 1. The molecule has 9 heteroatoms. The Morgan fingerprint density at radius 1 is 1.27 bits per heavy atom. The average Bonchev–Trinajstić information content (AvgIpc) is 2.62. The van der Waals surface area contributed by atoms with Crippen molar-refractivity contribution in [3.05, 3.63) is 53.1 Å². The van der Waals surface area contributed by atoms with Crippen molar-refractivity contribution in [3.63, 3.8) is 0 Å². The average molecular weight is 377 g/mol. The smallest absolute Gasteiger partial charge is 0.262 e. The van der Waals surface area contributed by atoms with Crippen LogP contribution in [0.4, 0.5) is 5.69 Å². The second-order valence-electron chi connectivity index (χ2n) is 5.04. The number of halogens is 1. The monoisotopic (exact) mass is 376 g/mol. The number of hydrogen-bond donors (Lipinski definition) is 4. The Kier molecular flexibility index (Phi) is 6.81. The van der Waals surface area contributed by atoms with Gasteiger partial charge in [-0.3, -0.25) is 4.79 Å². The van der Waals surface area contributed by atoms with Gasteiger partial charge in [0.2, 0.25) is 6.21 Å². The van der Waals surface area contributed by atoms with Crippen LogP contribution in [0.3, 0.4) is 0 Å². The van der Waals surface area contributed by atoms with Gasteiger partial charge in [-0.05, 0) is 30.3 Å². The van der Waals surface area contributed by atoms with E-state index in [0.29, 0.717) is 22.2 Å². The number of benzene rings is 2. The molecule has 0 saturated heterocycles.